The Labute approximate surface area is 257 Å². The van der Waals surface area contributed by atoms with E-state index in [0.717, 1.165) is 22.6 Å². The molecule has 0 aromatic heterocycles. The third kappa shape index (κ3) is 3.31. The highest BCUT2D eigenvalue weighted by Gasteiger charge is 2.52. The highest BCUT2D eigenvalue weighted by atomic mass is 16.5. The number of hydrogen-bond donors (Lipinski definition) is 0. The van der Waals surface area contributed by atoms with Gasteiger partial charge in [0, 0.05) is 33.5 Å². The number of nitrogens with zero attached hydrogens (tertiary/aromatic N) is 1. The summed E-state index contributed by atoms with van der Waals surface area (Å²) in [7, 11) is 0. The molecule has 9 rings (SSSR count). The van der Waals surface area contributed by atoms with Crippen LogP contribution in [0.4, 0.5) is 17.1 Å². The van der Waals surface area contributed by atoms with Gasteiger partial charge in [-0.3, -0.25) is 0 Å². The molecule has 1 heterocycles. The number of rotatable bonds is 3. The summed E-state index contributed by atoms with van der Waals surface area (Å²) in [5.74, 6) is 1.84. The molecule has 0 amide bonds. The van der Waals surface area contributed by atoms with Crippen molar-refractivity contribution in [3.63, 3.8) is 0 Å². The fourth-order valence-electron chi connectivity index (χ4n) is 7.64. The first kappa shape index (κ1) is 24.9. The van der Waals surface area contributed by atoms with Crippen molar-refractivity contribution in [2.45, 2.75) is 12.3 Å². The van der Waals surface area contributed by atoms with E-state index in [9.17, 15) is 0 Å². The fourth-order valence-corrected chi connectivity index (χ4v) is 7.64. The summed E-state index contributed by atoms with van der Waals surface area (Å²) in [5.41, 5.74) is 11.6. The van der Waals surface area contributed by atoms with Gasteiger partial charge in [-0.15, -0.1) is 0 Å². The van der Waals surface area contributed by atoms with Crippen LogP contribution in [0, 0.1) is 6.92 Å². The lowest BCUT2D eigenvalue weighted by Crippen LogP contribution is -2.32. The largest absolute Gasteiger partial charge is 0.456 e. The van der Waals surface area contributed by atoms with Gasteiger partial charge in [0.25, 0.3) is 0 Å². The number of ether oxygens (including phenoxy) is 1. The van der Waals surface area contributed by atoms with Gasteiger partial charge in [0.15, 0.2) is 0 Å². The molecule has 2 aliphatic rings. The summed E-state index contributed by atoms with van der Waals surface area (Å²) < 4.78 is 6.83. The van der Waals surface area contributed by atoms with Crippen LogP contribution >= 0.6 is 0 Å². The number of aryl methyl sites for hydroxylation is 1. The lowest BCUT2D eigenvalue weighted by atomic mass is 9.65. The molecule has 1 aliphatic heterocycles. The van der Waals surface area contributed by atoms with E-state index in [1.165, 1.54) is 55.7 Å². The van der Waals surface area contributed by atoms with Crippen molar-refractivity contribution in [1.29, 1.82) is 0 Å². The molecular weight excluding hydrogens is 534 g/mol. The van der Waals surface area contributed by atoms with Gasteiger partial charge in [0.1, 0.15) is 11.5 Å². The van der Waals surface area contributed by atoms with Gasteiger partial charge < -0.3 is 9.64 Å². The van der Waals surface area contributed by atoms with Crippen LogP contribution in [0.1, 0.15) is 27.8 Å². The molecule has 2 nitrogen and oxygen atoms in total. The Balaban J connectivity index is 1.43. The topological polar surface area (TPSA) is 12.5 Å². The van der Waals surface area contributed by atoms with Crippen molar-refractivity contribution in [3.05, 3.63) is 186 Å². The van der Waals surface area contributed by atoms with Crippen LogP contribution in [0.5, 0.6) is 11.5 Å². The van der Waals surface area contributed by atoms with E-state index in [2.05, 4.69) is 170 Å². The zero-order chi connectivity index (χ0) is 29.3. The normalized spacial score (nSPS) is 15.7. The second-order valence-corrected chi connectivity index (χ2v) is 11.7. The summed E-state index contributed by atoms with van der Waals surface area (Å²) in [6, 6.07) is 56.9. The van der Waals surface area contributed by atoms with Crippen LogP contribution in [-0.4, -0.2) is 0 Å². The predicted molar refractivity (Wildman–Crippen MR) is 181 cm³/mol. The average Bonchev–Trinajstić information content (AvgIpc) is 3.38. The molecule has 208 valence electrons. The Morgan fingerprint density at radius 1 is 0.500 bits per heavy atom. The first-order valence-corrected chi connectivity index (χ1v) is 15.2. The summed E-state index contributed by atoms with van der Waals surface area (Å²) in [6.07, 6.45) is 0. The zero-order valence-electron chi connectivity index (χ0n) is 24.4. The van der Waals surface area contributed by atoms with Gasteiger partial charge in [-0.2, -0.15) is 0 Å². The lowest BCUT2D eigenvalue weighted by Gasteiger charge is -2.40. The van der Waals surface area contributed by atoms with Crippen molar-refractivity contribution < 1.29 is 4.74 Å². The second-order valence-electron chi connectivity index (χ2n) is 11.7. The Bertz CT molecular complexity index is 2230. The van der Waals surface area contributed by atoms with Gasteiger partial charge in [0.2, 0.25) is 0 Å². The molecule has 1 spiro atoms. The van der Waals surface area contributed by atoms with Gasteiger partial charge >= 0.3 is 0 Å². The van der Waals surface area contributed by atoms with E-state index < -0.39 is 5.41 Å². The minimum absolute atomic E-state index is 0.537. The molecule has 44 heavy (non-hydrogen) atoms. The van der Waals surface area contributed by atoms with Crippen LogP contribution in [0.2, 0.25) is 0 Å². The molecule has 0 N–H and O–H groups in total. The van der Waals surface area contributed by atoms with Crippen LogP contribution in [-0.2, 0) is 5.41 Å². The molecule has 0 fully saturated rings. The average molecular weight is 564 g/mol. The van der Waals surface area contributed by atoms with Gasteiger partial charge in [-0.25, -0.2) is 0 Å². The molecule has 1 aliphatic carbocycles. The Morgan fingerprint density at radius 3 is 2.07 bits per heavy atom. The standard InChI is InChI=1S/C42H29NO/c1-28-14-5-11-23-37(28)43(30-16-3-2-4-17-30)38-24-13-22-35-40(38)32-19-8-9-20-33(32)42(35)34-21-10-12-25-39(34)44-41-31-18-7-6-15-29(31)26-27-36(41)42/h2-27H,1H3. The summed E-state index contributed by atoms with van der Waals surface area (Å²) >= 11 is 0. The molecular formula is C42H29NO. The molecule has 7 aromatic rings. The molecule has 7 aromatic carbocycles. The third-order valence-corrected chi connectivity index (χ3v) is 9.45. The van der Waals surface area contributed by atoms with Crippen LogP contribution < -0.4 is 9.64 Å². The summed E-state index contributed by atoms with van der Waals surface area (Å²) in [5, 5.41) is 2.31. The molecule has 0 saturated heterocycles. The highest BCUT2D eigenvalue weighted by Crippen LogP contribution is 2.64. The number of benzene rings is 7. The minimum Gasteiger partial charge on any atom is -0.456 e. The molecule has 1 atom stereocenters. The second kappa shape index (κ2) is 9.45. The third-order valence-electron chi connectivity index (χ3n) is 9.45. The van der Waals surface area contributed by atoms with Crippen LogP contribution in [0.3, 0.4) is 0 Å². The maximum absolute atomic E-state index is 6.83. The summed E-state index contributed by atoms with van der Waals surface area (Å²) in [4.78, 5) is 2.43. The van der Waals surface area contributed by atoms with Crippen LogP contribution in [0.25, 0.3) is 21.9 Å². The quantitative estimate of drug-likeness (QED) is 0.212. The number of para-hydroxylation sites is 3. The van der Waals surface area contributed by atoms with Crippen molar-refractivity contribution in [1.82, 2.24) is 0 Å². The first-order chi connectivity index (χ1) is 21.8. The minimum atomic E-state index is -0.537. The van der Waals surface area contributed by atoms with E-state index in [1.54, 1.807) is 0 Å². The smallest absolute Gasteiger partial charge is 0.140 e. The predicted octanol–water partition coefficient (Wildman–Crippen LogP) is 11.1. The maximum atomic E-state index is 6.83. The van der Waals surface area contributed by atoms with Gasteiger partial charge in [-0.1, -0.05) is 127 Å². The first-order valence-electron chi connectivity index (χ1n) is 15.2. The lowest BCUT2D eigenvalue weighted by molar-refractivity contribution is 0.441. The summed E-state index contributed by atoms with van der Waals surface area (Å²) in [6.45, 7) is 2.19. The number of fused-ring (bicyclic) bond motifs is 11. The Morgan fingerprint density at radius 2 is 1.18 bits per heavy atom. The van der Waals surface area contributed by atoms with Gasteiger partial charge in [0.05, 0.1) is 11.1 Å². The molecule has 0 saturated carbocycles. The van der Waals surface area contributed by atoms with Crippen molar-refractivity contribution in [3.8, 4) is 22.6 Å². The van der Waals surface area contributed by atoms with E-state index in [0.29, 0.717) is 0 Å². The number of anilines is 3. The maximum Gasteiger partial charge on any atom is 0.140 e. The van der Waals surface area contributed by atoms with E-state index in [4.69, 9.17) is 4.74 Å². The van der Waals surface area contributed by atoms with E-state index >= 15 is 0 Å². The monoisotopic (exact) mass is 563 g/mol. The molecule has 0 bridgehead atoms. The molecule has 1 unspecified atom stereocenters. The van der Waals surface area contributed by atoms with Crippen LogP contribution in [0.15, 0.2) is 158 Å². The Hall–Kier alpha value is -5.60. The highest BCUT2D eigenvalue weighted by molar-refractivity contribution is 6.00. The van der Waals surface area contributed by atoms with E-state index in [1.807, 2.05) is 0 Å². The van der Waals surface area contributed by atoms with Gasteiger partial charge in [-0.05, 0) is 64.9 Å². The van der Waals surface area contributed by atoms with Crippen molar-refractivity contribution in [2.24, 2.45) is 0 Å². The SMILES string of the molecule is Cc1ccccc1N(c1ccccc1)c1cccc2c1-c1ccccc1C21c2ccccc2Oc2c1ccc1ccccc21. The number of hydrogen-bond acceptors (Lipinski definition) is 2. The fraction of sp³-hybridized carbons (Fsp3) is 0.0476. The molecule has 0 radical (unpaired) electrons. The zero-order valence-corrected chi connectivity index (χ0v) is 24.4. The van der Waals surface area contributed by atoms with Crippen molar-refractivity contribution in [2.75, 3.05) is 4.90 Å². The van der Waals surface area contributed by atoms with E-state index in [-0.39, 0.29) is 0 Å². The van der Waals surface area contributed by atoms with Crippen molar-refractivity contribution >= 4 is 27.8 Å². The molecule has 2 heteroatoms. The Kier molecular flexibility index (Phi) is 5.36.